The Morgan fingerprint density at radius 1 is 1.26 bits per heavy atom. The van der Waals surface area contributed by atoms with Crippen LogP contribution in [0.25, 0.3) is 0 Å². The van der Waals surface area contributed by atoms with Gasteiger partial charge in [0, 0.05) is 23.0 Å². The highest BCUT2D eigenvalue weighted by Gasteiger charge is 2.21. The van der Waals surface area contributed by atoms with Crippen LogP contribution in [0.1, 0.15) is 35.8 Å². The highest BCUT2D eigenvalue weighted by atomic mass is 19.1. The zero-order valence-electron chi connectivity index (χ0n) is 10.4. The minimum absolute atomic E-state index is 0.297. The van der Waals surface area contributed by atoms with Crippen LogP contribution in [0, 0.1) is 11.6 Å². The minimum Gasteiger partial charge on any atom is -0.388 e. The molecule has 0 fully saturated rings. The molecule has 0 spiro atoms. The number of hydrogen-bond acceptors (Lipinski definition) is 1. The van der Waals surface area contributed by atoms with Gasteiger partial charge in [-0.2, -0.15) is 0 Å². The summed E-state index contributed by atoms with van der Waals surface area (Å²) >= 11 is 0. The molecular weight excluding hydrogens is 248 g/mol. The fourth-order valence-electron chi connectivity index (χ4n) is 2.73. The summed E-state index contributed by atoms with van der Waals surface area (Å²) in [5, 5.41) is 9.89. The van der Waals surface area contributed by atoms with Gasteiger partial charge in [0.1, 0.15) is 11.6 Å². The molecule has 0 saturated heterocycles. The molecule has 2 aromatic rings. The maximum Gasteiger partial charge on any atom is 0.128 e. The molecule has 3 rings (SSSR count). The predicted molar refractivity (Wildman–Crippen MR) is 67.8 cm³/mol. The second-order valence-electron chi connectivity index (χ2n) is 4.99. The number of aliphatic hydroxyl groups excluding tert-OH is 1. The van der Waals surface area contributed by atoms with E-state index in [0.29, 0.717) is 12.1 Å². The average Bonchev–Trinajstić information content (AvgIpc) is 2.79. The molecule has 1 aliphatic rings. The fourth-order valence-corrected chi connectivity index (χ4v) is 2.73. The van der Waals surface area contributed by atoms with Crippen LogP contribution in [0.4, 0.5) is 8.78 Å². The summed E-state index contributed by atoms with van der Waals surface area (Å²) in [5.74, 6) is -0.835. The van der Waals surface area contributed by atoms with E-state index in [1.807, 2.05) is 16.8 Å². The molecule has 100 valence electrons. The summed E-state index contributed by atoms with van der Waals surface area (Å²) in [6.45, 7) is 0.297. The molecule has 1 aromatic carbocycles. The Kier molecular flexibility index (Phi) is 3.11. The van der Waals surface area contributed by atoms with Gasteiger partial charge < -0.3 is 9.67 Å². The van der Waals surface area contributed by atoms with Gasteiger partial charge in [-0.25, -0.2) is 8.78 Å². The lowest BCUT2D eigenvalue weighted by Crippen LogP contribution is -2.13. The summed E-state index contributed by atoms with van der Waals surface area (Å²) < 4.78 is 28.7. The number of rotatable bonds is 2. The molecule has 4 heteroatoms. The van der Waals surface area contributed by atoms with E-state index in [9.17, 15) is 13.9 Å². The van der Waals surface area contributed by atoms with Gasteiger partial charge in [0.15, 0.2) is 0 Å². The summed E-state index contributed by atoms with van der Waals surface area (Å²) in [4.78, 5) is 0. The number of nitrogens with zero attached hydrogens (tertiary/aromatic N) is 1. The number of fused-ring (bicyclic) bond motifs is 1. The van der Waals surface area contributed by atoms with Gasteiger partial charge in [-0.3, -0.25) is 0 Å². The molecule has 0 radical (unpaired) electrons. The molecule has 1 heterocycles. The lowest BCUT2D eigenvalue weighted by Gasteiger charge is -2.20. The highest BCUT2D eigenvalue weighted by Crippen LogP contribution is 2.30. The fraction of sp³-hybridized carbons (Fsp3) is 0.333. The van der Waals surface area contributed by atoms with Gasteiger partial charge in [-0.05, 0) is 43.5 Å². The van der Waals surface area contributed by atoms with E-state index >= 15 is 0 Å². The third kappa shape index (κ3) is 2.28. The Morgan fingerprint density at radius 2 is 2.11 bits per heavy atom. The highest BCUT2D eigenvalue weighted by molar-refractivity contribution is 5.29. The van der Waals surface area contributed by atoms with Crippen molar-refractivity contribution in [3.05, 3.63) is 58.9 Å². The molecule has 2 nitrogen and oxygen atoms in total. The summed E-state index contributed by atoms with van der Waals surface area (Å²) in [5.41, 5.74) is 2.28. The number of benzene rings is 1. The summed E-state index contributed by atoms with van der Waals surface area (Å²) in [6.07, 6.45) is 3.97. The number of hydrogen-bond donors (Lipinski definition) is 1. The van der Waals surface area contributed by atoms with Crippen LogP contribution in [-0.4, -0.2) is 9.67 Å². The van der Waals surface area contributed by atoms with E-state index in [1.54, 1.807) is 0 Å². The molecule has 1 N–H and O–H groups in total. The monoisotopic (exact) mass is 263 g/mol. The molecule has 19 heavy (non-hydrogen) atoms. The molecular formula is C15H15F2NO. The molecule has 0 saturated carbocycles. The molecule has 1 unspecified atom stereocenters. The van der Waals surface area contributed by atoms with E-state index < -0.39 is 17.7 Å². The van der Waals surface area contributed by atoms with Gasteiger partial charge in [0.2, 0.25) is 0 Å². The Morgan fingerprint density at radius 3 is 2.95 bits per heavy atom. The van der Waals surface area contributed by atoms with Crippen LogP contribution in [-0.2, 0) is 13.0 Å². The van der Waals surface area contributed by atoms with Crippen molar-refractivity contribution in [3.63, 3.8) is 0 Å². The van der Waals surface area contributed by atoms with Crippen molar-refractivity contribution in [1.82, 2.24) is 4.57 Å². The Bertz CT molecular complexity index is 606. The molecule has 0 aliphatic heterocycles. The second-order valence-corrected chi connectivity index (χ2v) is 4.99. The third-order valence-electron chi connectivity index (χ3n) is 3.71. The van der Waals surface area contributed by atoms with Crippen LogP contribution in [0.3, 0.4) is 0 Å². The first-order valence-electron chi connectivity index (χ1n) is 6.45. The lowest BCUT2D eigenvalue weighted by molar-refractivity contribution is 0.155. The largest absolute Gasteiger partial charge is 0.388 e. The van der Waals surface area contributed by atoms with Crippen molar-refractivity contribution < 1.29 is 13.9 Å². The van der Waals surface area contributed by atoms with Crippen LogP contribution < -0.4 is 0 Å². The third-order valence-corrected chi connectivity index (χ3v) is 3.71. The molecule has 1 atom stereocenters. The average molecular weight is 263 g/mol. The quantitative estimate of drug-likeness (QED) is 0.884. The van der Waals surface area contributed by atoms with Gasteiger partial charge in [-0.1, -0.05) is 0 Å². The zero-order valence-corrected chi connectivity index (χ0v) is 10.4. The van der Waals surface area contributed by atoms with Crippen molar-refractivity contribution in [2.45, 2.75) is 31.9 Å². The maximum absolute atomic E-state index is 13.6. The number of halogens is 2. The van der Waals surface area contributed by atoms with Crippen molar-refractivity contribution in [2.75, 3.05) is 0 Å². The van der Waals surface area contributed by atoms with E-state index in [1.165, 1.54) is 6.07 Å². The maximum atomic E-state index is 13.6. The van der Waals surface area contributed by atoms with Crippen molar-refractivity contribution in [1.29, 1.82) is 0 Å². The number of aliphatic hydroxyl groups is 1. The van der Waals surface area contributed by atoms with Crippen LogP contribution >= 0.6 is 0 Å². The van der Waals surface area contributed by atoms with Gasteiger partial charge in [-0.15, -0.1) is 0 Å². The number of aromatic nitrogens is 1. The van der Waals surface area contributed by atoms with Crippen molar-refractivity contribution in [3.8, 4) is 0 Å². The topological polar surface area (TPSA) is 25.2 Å². The van der Waals surface area contributed by atoms with E-state index in [4.69, 9.17) is 0 Å². The Labute approximate surface area is 110 Å². The Hall–Kier alpha value is -1.68. The smallest absolute Gasteiger partial charge is 0.128 e. The van der Waals surface area contributed by atoms with Gasteiger partial charge >= 0.3 is 0 Å². The van der Waals surface area contributed by atoms with Crippen LogP contribution in [0.2, 0.25) is 0 Å². The zero-order chi connectivity index (χ0) is 13.4. The first kappa shape index (κ1) is 12.4. The predicted octanol–water partition coefficient (Wildman–Crippen LogP) is 3.18. The summed E-state index contributed by atoms with van der Waals surface area (Å²) in [7, 11) is 0. The van der Waals surface area contributed by atoms with E-state index in [2.05, 4.69) is 0 Å². The second kappa shape index (κ2) is 4.78. The van der Waals surface area contributed by atoms with E-state index in [0.717, 1.165) is 42.7 Å². The minimum atomic E-state index is -0.433. The van der Waals surface area contributed by atoms with Gasteiger partial charge in [0.05, 0.1) is 12.6 Å². The van der Waals surface area contributed by atoms with Crippen molar-refractivity contribution in [2.24, 2.45) is 0 Å². The first-order chi connectivity index (χ1) is 9.15. The Balaban J connectivity index is 1.94. The van der Waals surface area contributed by atoms with Crippen LogP contribution in [0.15, 0.2) is 30.5 Å². The summed E-state index contributed by atoms with van der Waals surface area (Å²) in [6, 6.07) is 5.36. The SMILES string of the molecule is OC1CCCc2c1ccn2Cc1cc(F)ccc1F. The molecule has 1 aliphatic carbocycles. The molecule has 0 bridgehead atoms. The lowest BCUT2D eigenvalue weighted by atomic mass is 9.95. The standard InChI is InChI=1S/C15H15F2NO/c16-11-4-5-13(17)10(8-11)9-18-7-6-12-14(18)2-1-3-15(12)19/h4-8,15,19H,1-3,9H2. The normalized spacial score (nSPS) is 18.4. The van der Waals surface area contributed by atoms with Crippen molar-refractivity contribution >= 4 is 0 Å². The van der Waals surface area contributed by atoms with Crippen LogP contribution in [0.5, 0.6) is 0 Å². The first-order valence-corrected chi connectivity index (χ1v) is 6.45. The van der Waals surface area contributed by atoms with E-state index in [-0.39, 0.29) is 0 Å². The molecule has 0 amide bonds. The molecule has 1 aromatic heterocycles. The van der Waals surface area contributed by atoms with Gasteiger partial charge in [0.25, 0.3) is 0 Å².